The molecule has 0 saturated carbocycles. The molecule has 0 N–H and O–H groups in total. The first-order chi connectivity index (χ1) is 5.63. The Morgan fingerprint density at radius 3 is 2.58 bits per heavy atom. The van der Waals surface area contributed by atoms with E-state index in [9.17, 15) is 13.6 Å². The Balaban J connectivity index is 4.08. The van der Waals surface area contributed by atoms with E-state index in [2.05, 4.69) is 6.58 Å². The summed E-state index contributed by atoms with van der Waals surface area (Å²) in [5.74, 6) is -1.11. The summed E-state index contributed by atoms with van der Waals surface area (Å²) in [5, 5.41) is 0. The topological polar surface area (TPSA) is 20.3 Å². The number of carbonyl (C=O) groups excluding carboxylic acids is 1. The molecule has 2 nitrogen and oxygen atoms in total. The summed E-state index contributed by atoms with van der Waals surface area (Å²) in [6.45, 7) is 5.76. The van der Waals surface area contributed by atoms with Gasteiger partial charge in [-0.3, -0.25) is 4.79 Å². The molecule has 0 aromatic rings. The van der Waals surface area contributed by atoms with Gasteiger partial charge in [-0.15, -0.1) is 6.58 Å². The van der Waals surface area contributed by atoms with E-state index in [1.54, 1.807) is 0 Å². The SMILES string of the molecule is C=CCN(CCC)C(=O)C(F)F. The third-order valence-corrected chi connectivity index (χ3v) is 1.34. The zero-order valence-electron chi connectivity index (χ0n) is 7.09. The van der Waals surface area contributed by atoms with Gasteiger partial charge in [-0.25, -0.2) is 0 Å². The molecule has 0 spiro atoms. The molecule has 0 fully saturated rings. The lowest BCUT2D eigenvalue weighted by Crippen LogP contribution is -2.36. The Hall–Kier alpha value is -0.930. The number of halogens is 2. The molecular formula is C8H13F2NO. The monoisotopic (exact) mass is 177 g/mol. The number of alkyl halides is 2. The minimum absolute atomic E-state index is 0.191. The van der Waals surface area contributed by atoms with Crippen LogP contribution in [0.2, 0.25) is 0 Å². The molecule has 0 unspecified atom stereocenters. The highest BCUT2D eigenvalue weighted by atomic mass is 19.3. The van der Waals surface area contributed by atoms with Gasteiger partial charge in [-0.2, -0.15) is 8.78 Å². The quantitative estimate of drug-likeness (QED) is 0.585. The van der Waals surface area contributed by atoms with Crippen molar-refractivity contribution in [2.24, 2.45) is 0 Å². The van der Waals surface area contributed by atoms with Gasteiger partial charge in [0.2, 0.25) is 0 Å². The van der Waals surface area contributed by atoms with Crippen molar-refractivity contribution in [1.29, 1.82) is 0 Å². The molecular weight excluding hydrogens is 164 g/mol. The van der Waals surface area contributed by atoms with Crippen LogP contribution in [0.25, 0.3) is 0 Å². The average Bonchev–Trinajstić information content (AvgIpc) is 2.03. The van der Waals surface area contributed by atoms with Crippen LogP contribution >= 0.6 is 0 Å². The summed E-state index contributed by atoms with van der Waals surface area (Å²) in [5.41, 5.74) is 0. The molecule has 1 amide bonds. The summed E-state index contributed by atoms with van der Waals surface area (Å²) in [7, 11) is 0. The number of hydrogen-bond acceptors (Lipinski definition) is 1. The van der Waals surface area contributed by atoms with Gasteiger partial charge < -0.3 is 4.90 Å². The Kier molecular flexibility index (Phi) is 5.25. The van der Waals surface area contributed by atoms with Gasteiger partial charge >= 0.3 is 6.43 Å². The van der Waals surface area contributed by atoms with Crippen LogP contribution in [0.5, 0.6) is 0 Å². The molecule has 0 aromatic heterocycles. The summed E-state index contributed by atoms with van der Waals surface area (Å²) in [4.78, 5) is 11.8. The van der Waals surface area contributed by atoms with Crippen LogP contribution in [0.15, 0.2) is 12.7 Å². The van der Waals surface area contributed by atoms with E-state index in [0.29, 0.717) is 13.0 Å². The molecule has 4 heteroatoms. The molecule has 70 valence electrons. The number of nitrogens with zero attached hydrogens (tertiary/aromatic N) is 1. The van der Waals surface area contributed by atoms with Crippen LogP contribution in [0, 0.1) is 0 Å². The highest BCUT2D eigenvalue weighted by Gasteiger charge is 2.21. The first-order valence-electron chi connectivity index (χ1n) is 3.81. The zero-order chi connectivity index (χ0) is 9.56. The number of rotatable bonds is 5. The normalized spacial score (nSPS) is 10.0. The van der Waals surface area contributed by atoms with Crippen LogP contribution in [0.4, 0.5) is 8.78 Å². The van der Waals surface area contributed by atoms with E-state index in [1.165, 1.54) is 6.08 Å². The van der Waals surface area contributed by atoms with E-state index < -0.39 is 12.3 Å². The highest BCUT2D eigenvalue weighted by molar-refractivity contribution is 5.79. The zero-order valence-corrected chi connectivity index (χ0v) is 7.09. The first-order valence-corrected chi connectivity index (χ1v) is 3.81. The van der Waals surface area contributed by atoms with E-state index in [4.69, 9.17) is 0 Å². The van der Waals surface area contributed by atoms with Crippen molar-refractivity contribution in [2.45, 2.75) is 19.8 Å². The minimum atomic E-state index is -2.91. The van der Waals surface area contributed by atoms with Crippen LogP contribution in [0.3, 0.4) is 0 Å². The molecule has 0 aliphatic heterocycles. The molecule has 0 atom stereocenters. The van der Waals surface area contributed by atoms with Crippen molar-refractivity contribution in [3.8, 4) is 0 Å². The summed E-state index contributed by atoms with van der Waals surface area (Å²) < 4.78 is 23.8. The van der Waals surface area contributed by atoms with E-state index in [0.717, 1.165) is 4.90 Å². The molecule has 12 heavy (non-hydrogen) atoms. The molecule has 0 radical (unpaired) electrons. The Labute approximate surface area is 70.9 Å². The number of hydrogen-bond donors (Lipinski definition) is 0. The highest BCUT2D eigenvalue weighted by Crippen LogP contribution is 2.01. The summed E-state index contributed by atoms with van der Waals surface area (Å²) in [6.07, 6.45) is -0.793. The predicted octanol–water partition coefficient (Wildman–Crippen LogP) is 1.68. The summed E-state index contributed by atoms with van der Waals surface area (Å²) >= 11 is 0. The van der Waals surface area contributed by atoms with Crippen LogP contribution in [-0.2, 0) is 4.79 Å². The van der Waals surface area contributed by atoms with Gasteiger partial charge in [0.1, 0.15) is 0 Å². The minimum Gasteiger partial charge on any atom is -0.334 e. The predicted molar refractivity (Wildman–Crippen MR) is 43.1 cm³/mol. The lowest BCUT2D eigenvalue weighted by Gasteiger charge is -2.19. The molecule has 0 bridgehead atoms. The van der Waals surface area contributed by atoms with E-state index >= 15 is 0 Å². The Morgan fingerprint density at radius 1 is 1.67 bits per heavy atom. The van der Waals surface area contributed by atoms with Crippen molar-refractivity contribution in [1.82, 2.24) is 4.90 Å². The molecule has 0 aliphatic carbocycles. The molecule has 0 aliphatic rings. The largest absolute Gasteiger partial charge is 0.334 e. The Morgan fingerprint density at radius 2 is 2.25 bits per heavy atom. The second-order valence-corrected chi connectivity index (χ2v) is 2.37. The summed E-state index contributed by atoms with van der Waals surface area (Å²) in [6, 6.07) is 0. The maximum Gasteiger partial charge on any atom is 0.315 e. The maximum atomic E-state index is 11.9. The fourth-order valence-corrected chi connectivity index (χ4v) is 0.855. The number of amides is 1. The molecule has 0 aromatic carbocycles. The van der Waals surface area contributed by atoms with Crippen LogP contribution in [0.1, 0.15) is 13.3 Å². The maximum absolute atomic E-state index is 11.9. The van der Waals surface area contributed by atoms with Gasteiger partial charge in [-0.1, -0.05) is 13.0 Å². The fraction of sp³-hybridized carbons (Fsp3) is 0.625. The van der Waals surface area contributed by atoms with Crippen molar-refractivity contribution in [2.75, 3.05) is 13.1 Å². The van der Waals surface area contributed by atoms with Crippen molar-refractivity contribution in [3.63, 3.8) is 0 Å². The van der Waals surface area contributed by atoms with Gasteiger partial charge in [-0.05, 0) is 6.42 Å². The second-order valence-electron chi connectivity index (χ2n) is 2.37. The molecule has 0 saturated heterocycles. The van der Waals surface area contributed by atoms with Gasteiger partial charge in [0.05, 0.1) is 0 Å². The third-order valence-electron chi connectivity index (χ3n) is 1.34. The molecule has 0 heterocycles. The lowest BCUT2D eigenvalue weighted by molar-refractivity contribution is -0.142. The van der Waals surface area contributed by atoms with E-state index in [1.807, 2.05) is 6.92 Å². The standard InChI is InChI=1S/C8H13F2NO/c1-3-5-11(6-4-2)8(12)7(9)10/h3,7H,1,4-6H2,2H3. The average molecular weight is 177 g/mol. The van der Waals surface area contributed by atoms with Crippen LogP contribution < -0.4 is 0 Å². The van der Waals surface area contributed by atoms with Crippen molar-refractivity contribution >= 4 is 5.91 Å². The number of carbonyl (C=O) groups is 1. The van der Waals surface area contributed by atoms with Gasteiger partial charge in [0.15, 0.2) is 0 Å². The third kappa shape index (κ3) is 3.46. The fourth-order valence-electron chi connectivity index (χ4n) is 0.855. The Bertz CT molecular complexity index is 159. The first kappa shape index (κ1) is 11.1. The second kappa shape index (κ2) is 5.69. The lowest BCUT2D eigenvalue weighted by atomic mass is 10.4. The van der Waals surface area contributed by atoms with Gasteiger partial charge in [0, 0.05) is 13.1 Å². The smallest absolute Gasteiger partial charge is 0.315 e. The van der Waals surface area contributed by atoms with Crippen molar-refractivity contribution < 1.29 is 13.6 Å². The van der Waals surface area contributed by atoms with Crippen LogP contribution in [-0.4, -0.2) is 30.3 Å². The van der Waals surface area contributed by atoms with Gasteiger partial charge in [0.25, 0.3) is 5.91 Å². The van der Waals surface area contributed by atoms with E-state index in [-0.39, 0.29) is 6.54 Å². The molecule has 0 rings (SSSR count). The van der Waals surface area contributed by atoms with Crippen molar-refractivity contribution in [3.05, 3.63) is 12.7 Å².